The van der Waals surface area contributed by atoms with Crippen LogP contribution in [-0.2, 0) is 4.74 Å². The van der Waals surface area contributed by atoms with Crippen LogP contribution in [0.25, 0.3) is 0 Å². The van der Waals surface area contributed by atoms with Crippen LogP contribution in [0, 0.1) is 0 Å². The predicted octanol–water partition coefficient (Wildman–Crippen LogP) is 3.44. The van der Waals surface area contributed by atoms with E-state index in [4.69, 9.17) is 4.74 Å². The van der Waals surface area contributed by atoms with Crippen molar-refractivity contribution in [1.29, 1.82) is 0 Å². The summed E-state index contributed by atoms with van der Waals surface area (Å²) >= 11 is 0. The minimum absolute atomic E-state index is 0.234. The van der Waals surface area contributed by atoms with Gasteiger partial charge in [-0.15, -0.1) is 0 Å². The first-order valence-electron chi connectivity index (χ1n) is 8.88. The summed E-state index contributed by atoms with van der Waals surface area (Å²) < 4.78 is 5.44. The fourth-order valence-corrected chi connectivity index (χ4v) is 2.91. The Kier molecular flexibility index (Phi) is 6.02. The lowest BCUT2D eigenvalue weighted by molar-refractivity contribution is 0.0240. The van der Waals surface area contributed by atoms with Gasteiger partial charge in [-0.1, -0.05) is 13.8 Å². The summed E-state index contributed by atoms with van der Waals surface area (Å²) in [5.74, 6) is 1.44. The molecule has 24 heavy (non-hydrogen) atoms. The van der Waals surface area contributed by atoms with E-state index in [2.05, 4.69) is 34.8 Å². The lowest BCUT2D eigenvalue weighted by atomic mass is 9.99. The summed E-state index contributed by atoms with van der Waals surface area (Å²) in [7, 11) is 0. The highest BCUT2D eigenvalue weighted by molar-refractivity contribution is 5.68. The SMILES string of the molecule is CCC(CC)c1cc(N2CCN(C(=O)OC(C)(C)C)CC2)ncn1. The molecule has 2 heterocycles. The molecular formula is C18H30N4O2. The normalized spacial score (nSPS) is 15.8. The smallest absolute Gasteiger partial charge is 0.410 e. The van der Waals surface area contributed by atoms with Gasteiger partial charge in [-0.05, 0) is 33.6 Å². The Morgan fingerprint density at radius 1 is 1.17 bits per heavy atom. The van der Waals surface area contributed by atoms with Crippen molar-refractivity contribution in [2.24, 2.45) is 0 Å². The fourth-order valence-electron chi connectivity index (χ4n) is 2.91. The minimum atomic E-state index is -0.453. The predicted molar refractivity (Wildman–Crippen MR) is 95.4 cm³/mol. The Bertz CT molecular complexity index is 544. The van der Waals surface area contributed by atoms with Gasteiger partial charge < -0.3 is 14.5 Å². The van der Waals surface area contributed by atoms with E-state index in [9.17, 15) is 4.79 Å². The zero-order chi connectivity index (χ0) is 17.7. The third-order valence-electron chi connectivity index (χ3n) is 4.33. The average Bonchev–Trinajstić information content (AvgIpc) is 2.55. The summed E-state index contributed by atoms with van der Waals surface area (Å²) in [6, 6.07) is 2.10. The Labute approximate surface area is 145 Å². The van der Waals surface area contributed by atoms with E-state index in [1.165, 1.54) is 0 Å². The molecule has 1 aliphatic rings. The molecule has 0 aromatic carbocycles. The van der Waals surface area contributed by atoms with Gasteiger partial charge in [0.25, 0.3) is 0 Å². The number of hydrogen-bond donors (Lipinski definition) is 0. The number of aromatic nitrogens is 2. The van der Waals surface area contributed by atoms with Gasteiger partial charge in [0.2, 0.25) is 0 Å². The molecule has 1 aromatic heterocycles. The van der Waals surface area contributed by atoms with E-state index in [0.717, 1.165) is 37.4 Å². The van der Waals surface area contributed by atoms with Crippen LogP contribution >= 0.6 is 0 Å². The quantitative estimate of drug-likeness (QED) is 0.844. The van der Waals surface area contributed by atoms with Gasteiger partial charge in [0, 0.05) is 43.9 Å². The molecule has 0 radical (unpaired) electrons. The van der Waals surface area contributed by atoms with E-state index in [1.54, 1.807) is 11.2 Å². The monoisotopic (exact) mass is 334 g/mol. The molecular weight excluding hydrogens is 304 g/mol. The van der Waals surface area contributed by atoms with Gasteiger partial charge in [-0.2, -0.15) is 0 Å². The molecule has 0 atom stereocenters. The number of nitrogens with zero attached hydrogens (tertiary/aromatic N) is 4. The molecule has 0 spiro atoms. The maximum atomic E-state index is 12.1. The third-order valence-corrected chi connectivity index (χ3v) is 4.33. The van der Waals surface area contributed by atoms with Crippen LogP contribution in [0.2, 0.25) is 0 Å². The Balaban J connectivity index is 1.97. The highest BCUT2D eigenvalue weighted by atomic mass is 16.6. The minimum Gasteiger partial charge on any atom is -0.444 e. The molecule has 6 heteroatoms. The van der Waals surface area contributed by atoms with Crippen molar-refractivity contribution in [3.8, 4) is 0 Å². The van der Waals surface area contributed by atoms with Crippen LogP contribution in [0.3, 0.4) is 0 Å². The Morgan fingerprint density at radius 2 is 1.79 bits per heavy atom. The zero-order valence-electron chi connectivity index (χ0n) is 15.6. The summed E-state index contributed by atoms with van der Waals surface area (Å²) in [5.41, 5.74) is 0.657. The first-order chi connectivity index (χ1) is 11.3. The molecule has 0 saturated carbocycles. The number of ether oxygens (including phenoxy) is 1. The third kappa shape index (κ3) is 4.82. The van der Waals surface area contributed by atoms with Gasteiger partial charge in [-0.25, -0.2) is 14.8 Å². The summed E-state index contributed by atoms with van der Waals surface area (Å²) in [6.07, 6.45) is 3.59. The Morgan fingerprint density at radius 3 is 2.33 bits per heavy atom. The first kappa shape index (κ1) is 18.5. The van der Waals surface area contributed by atoms with Gasteiger partial charge in [-0.3, -0.25) is 0 Å². The van der Waals surface area contributed by atoms with Crippen molar-refractivity contribution in [2.45, 2.75) is 59.0 Å². The maximum Gasteiger partial charge on any atom is 0.410 e. The second-order valence-corrected chi connectivity index (χ2v) is 7.27. The molecule has 1 aromatic rings. The summed E-state index contributed by atoms with van der Waals surface area (Å²) in [6.45, 7) is 12.9. The van der Waals surface area contributed by atoms with Crippen LogP contribution in [0.1, 0.15) is 59.1 Å². The van der Waals surface area contributed by atoms with E-state index in [-0.39, 0.29) is 6.09 Å². The van der Waals surface area contributed by atoms with Crippen LogP contribution in [0.4, 0.5) is 10.6 Å². The van der Waals surface area contributed by atoms with Crippen LogP contribution < -0.4 is 4.90 Å². The first-order valence-corrected chi connectivity index (χ1v) is 8.88. The number of amides is 1. The number of carbonyl (C=O) groups is 1. The molecule has 1 fully saturated rings. The second-order valence-electron chi connectivity index (χ2n) is 7.27. The highest BCUT2D eigenvalue weighted by Gasteiger charge is 2.26. The molecule has 1 aliphatic heterocycles. The van der Waals surface area contributed by atoms with Gasteiger partial charge >= 0.3 is 6.09 Å². The largest absolute Gasteiger partial charge is 0.444 e. The van der Waals surface area contributed by atoms with Crippen molar-refractivity contribution in [1.82, 2.24) is 14.9 Å². The molecule has 6 nitrogen and oxygen atoms in total. The highest BCUT2D eigenvalue weighted by Crippen LogP contribution is 2.24. The van der Waals surface area contributed by atoms with Crippen molar-refractivity contribution < 1.29 is 9.53 Å². The number of anilines is 1. The summed E-state index contributed by atoms with van der Waals surface area (Å²) in [5, 5.41) is 0. The van der Waals surface area contributed by atoms with E-state index < -0.39 is 5.60 Å². The van der Waals surface area contributed by atoms with Gasteiger partial charge in [0.1, 0.15) is 17.7 Å². The van der Waals surface area contributed by atoms with E-state index in [1.807, 2.05) is 20.8 Å². The van der Waals surface area contributed by atoms with Crippen LogP contribution in [0.5, 0.6) is 0 Å². The van der Waals surface area contributed by atoms with Crippen LogP contribution in [-0.4, -0.2) is 52.7 Å². The van der Waals surface area contributed by atoms with E-state index in [0.29, 0.717) is 19.0 Å². The van der Waals surface area contributed by atoms with Crippen molar-refractivity contribution in [3.05, 3.63) is 18.1 Å². The number of hydrogen-bond acceptors (Lipinski definition) is 5. The Hall–Kier alpha value is -1.85. The molecule has 0 aliphatic carbocycles. The summed E-state index contributed by atoms with van der Waals surface area (Å²) in [4.78, 5) is 25.0. The zero-order valence-corrected chi connectivity index (χ0v) is 15.6. The number of carbonyl (C=O) groups excluding carboxylic acids is 1. The molecule has 1 amide bonds. The molecule has 0 N–H and O–H groups in total. The molecule has 134 valence electrons. The molecule has 0 bridgehead atoms. The molecule has 1 saturated heterocycles. The lowest BCUT2D eigenvalue weighted by Gasteiger charge is -2.36. The molecule has 0 unspecified atom stereocenters. The molecule has 2 rings (SSSR count). The van der Waals surface area contributed by atoms with Crippen molar-refractivity contribution in [3.63, 3.8) is 0 Å². The van der Waals surface area contributed by atoms with Crippen molar-refractivity contribution in [2.75, 3.05) is 31.1 Å². The van der Waals surface area contributed by atoms with E-state index >= 15 is 0 Å². The van der Waals surface area contributed by atoms with Crippen molar-refractivity contribution >= 4 is 11.9 Å². The number of piperazine rings is 1. The second kappa shape index (κ2) is 7.81. The van der Waals surface area contributed by atoms with Gasteiger partial charge in [0.15, 0.2) is 0 Å². The fraction of sp³-hybridized carbons (Fsp3) is 0.722. The lowest BCUT2D eigenvalue weighted by Crippen LogP contribution is -2.50. The average molecular weight is 334 g/mol. The van der Waals surface area contributed by atoms with Gasteiger partial charge in [0.05, 0.1) is 0 Å². The number of rotatable bonds is 4. The van der Waals surface area contributed by atoms with Crippen LogP contribution in [0.15, 0.2) is 12.4 Å². The standard InChI is InChI=1S/C18H30N4O2/c1-6-14(7-2)15-12-16(20-13-19-15)21-8-10-22(11-9-21)17(23)24-18(3,4)5/h12-14H,6-11H2,1-5H3. The topological polar surface area (TPSA) is 58.6 Å². The maximum absolute atomic E-state index is 12.1.